The minimum absolute atomic E-state index is 0.184. The first-order valence-corrected chi connectivity index (χ1v) is 33.1. The molecule has 464 valence electrons. The minimum Gasteiger partial charge on any atom is -0.477 e. The second kappa shape index (κ2) is 62.0. The molecule has 1 N–H and O–H groups in total. The molecule has 0 fully saturated rings. The van der Waals surface area contributed by atoms with Gasteiger partial charge in [0.25, 0.3) is 6.29 Å². The third-order valence-electron chi connectivity index (χ3n) is 14.0. The Hall–Kier alpha value is -4.05. The highest BCUT2D eigenvalue weighted by Gasteiger charge is 2.25. The molecule has 0 amide bonds. The molecule has 2 atom stereocenters. The van der Waals surface area contributed by atoms with Crippen LogP contribution in [0.25, 0.3) is 0 Å². The maximum Gasteiger partial charge on any atom is 0.361 e. The summed E-state index contributed by atoms with van der Waals surface area (Å²) < 4.78 is 23.0. The lowest BCUT2D eigenvalue weighted by atomic mass is 10.0. The first kappa shape index (κ1) is 77.0. The molecule has 0 aromatic carbocycles. The summed E-state index contributed by atoms with van der Waals surface area (Å²) >= 11 is 0. The van der Waals surface area contributed by atoms with E-state index in [1.165, 1.54) is 148 Å². The van der Waals surface area contributed by atoms with E-state index >= 15 is 0 Å². The van der Waals surface area contributed by atoms with E-state index in [1.54, 1.807) is 0 Å². The van der Waals surface area contributed by atoms with Crippen LogP contribution in [0.4, 0.5) is 0 Å². The average Bonchev–Trinajstić information content (AvgIpc) is 3.44. The Bertz CT molecular complexity index is 1700. The average molecular weight is 1130 g/mol. The van der Waals surface area contributed by atoms with E-state index in [0.29, 0.717) is 17.4 Å². The van der Waals surface area contributed by atoms with Gasteiger partial charge in [0, 0.05) is 12.8 Å². The molecule has 0 saturated carbocycles. The molecule has 0 heterocycles. The maximum absolute atomic E-state index is 12.9. The van der Waals surface area contributed by atoms with Crippen molar-refractivity contribution in [1.82, 2.24) is 0 Å². The summed E-state index contributed by atoms with van der Waals surface area (Å²) in [5, 5.41) is 9.74. The summed E-state index contributed by atoms with van der Waals surface area (Å²) in [4.78, 5) is 37.6. The monoisotopic (exact) mass is 1130 g/mol. The van der Waals surface area contributed by atoms with Gasteiger partial charge in [-0.05, 0) is 96.3 Å². The lowest BCUT2D eigenvalue weighted by Gasteiger charge is -2.25. The van der Waals surface area contributed by atoms with Crippen LogP contribution in [0.3, 0.4) is 0 Å². The van der Waals surface area contributed by atoms with Gasteiger partial charge >= 0.3 is 17.9 Å². The SMILES string of the molecule is CC/C=C\C/C=C\C/C=C\C/C=C\C/C=C\CCCCCCCCCCCCCCCCCC(=O)OC(COC(=O)CCCCCCCCCCCCCC/C=C\C/C=C\C/C=C\C/C=C\CC)COC(OCC[N+](C)(C)C)C(=O)O. The highest BCUT2D eigenvalue weighted by atomic mass is 16.7. The third-order valence-corrected chi connectivity index (χ3v) is 14.0. The summed E-state index contributed by atoms with van der Waals surface area (Å²) in [6.45, 7) is 4.67. The molecule has 0 saturated heterocycles. The smallest absolute Gasteiger partial charge is 0.361 e. The summed E-state index contributed by atoms with van der Waals surface area (Å²) in [5.41, 5.74) is 0. The third kappa shape index (κ3) is 63.4. The minimum atomic E-state index is -1.52. The van der Waals surface area contributed by atoms with Crippen molar-refractivity contribution in [2.45, 2.75) is 283 Å². The van der Waals surface area contributed by atoms with Crippen LogP contribution in [-0.2, 0) is 33.3 Å². The highest BCUT2D eigenvalue weighted by molar-refractivity contribution is 5.71. The summed E-state index contributed by atoms with van der Waals surface area (Å²) in [5.74, 6) is -2.00. The molecule has 9 heteroatoms. The lowest BCUT2D eigenvalue weighted by molar-refractivity contribution is -0.870. The fraction of sp³-hybridized carbons (Fsp3) is 0.708. The Labute approximate surface area is 498 Å². The summed E-state index contributed by atoms with van der Waals surface area (Å²) in [6.07, 6.45) is 83.2. The largest absolute Gasteiger partial charge is 0.477 e. The van der Waals surface area contributed by atoms with E-state index in [1.807, 2.05) is 21.1 Å². The standard InChI is InChI=1S/C72H123NO8/c1-6-8-10-12-14-16-18-20-22-24-26-28-30-32-33-34-35-36-37-39-41-43-45-47-49-51-53-55-57-59-61-63-70(75)81-68(67-80-72(71(76)77)78-65-64-73(3,4)5)66-79-69(74)62-60-58-56-54-52-50-48-46-44-42-40-38-31-29-27-25-23-21-19-17-15-13-11-9-7-2/h8-11,14-17,20-23,26-29,32-33,68,72H,6-7,12-13,18-19,24-25,30-31,34-67H2,1-5H3/p+1/b10-8-,11-9-,16-14-,17-15-,22-20-,23-21-,28-26-,29-27-,33-32-. The van der Waals surface area contributed by atoms with E-state index in [2.05, 4.69) is 123 Å². The van der Waals surface area contributed by atoms with Gasteiger partial charge in [-0.3, -0.25) is 9.59 Å². The molecule has 0 rings (SSSR count). The second-order valence-electron chi connectivity index (χ2n) is 23.0. The van der Waals surface area contributed by atoms with Gasteiger partial charge in [0.2, 0.25) is 0 Å². The number of aliphatic carboxylic acids is 1. The van der Waals surface area contributed by atoms with E-state index in [9.17, 15) is 19.5 Å². The molecular formula is C72H124NO8+. The van der Waals surface area contributed by atoms with Crippen molar-refractivity contribution in [2.75, 3.05) is 47.5 Å². The first-order chi connectivity index (χ1) is 39.6. The second-order valence-corrected chi connectivity index (χ2v) is 23.0. The van der Waals surface area contributed by atoms with Crippen LogP contribution >= 0.6 is 0 Å². The predicted molar refractivity (Wildman–Crippen MR) is 345 cm³/mol. The number of hydrogen-bond donors (Lipinski definition) is 1. The molecule has 0 bridgehead atoms. The fourth-order valence-corrected chi connectivity index (χ4v) is 9.03. The maximum atomic E-state index is 12.9. The zero-order chi connectivity index (χ0) is 59.1. The quantitative estimate of drug-likeness (QED) is 0.0211. The van der Waals surface area contributed by atoms with E-state index in [4.69, 9.17) is 18.9 Å². The van der Waals surface area contributed by atoms with Crippen molar-refractivity contribution >= 4 is 17.9 Å². The van der Waals surface area contributed by atoms with Crippen LogP contribution in [-0.4, -0.2) is 87.4 Å². The summed E-state index contributed by atoms with van der Waals surface area (Å²) in [6, 6.07) is 0. The van der Waals surface area contributed by atoms with Gasteiger partial charge in [0.15, 0.2) is 6.10 Å². The number of carbonyl (C=O) groups is 3. The Balaban J connectivity index is 4.15. The predicted octanol–water partition coefficient (Wildman–Crippen LogP) is 20.2. The van der Waals surface area contributed by atoms with Gasteiger partial charge in [-0.25, -0.2) is 4.79 Å². The highest BCUT2D eigenvalue weighted by Crippen LogP contribution is 2.17. The Morgan fingerprint density at radius 2 is 0.667 bits per heavy atom. The van der Waals surface area contributed by atoms with Gasteiger partial charge in [0.1, 0.15) is 13.2 Å². The molecule has 0 aliphatic heterocycles. The lowest BCUT2D eigenvalue weighted by Crippen LogP contribution is -2.40. The number of likely N-dealkylation sites (N-methyl/N-ethyl adjacent to an activating group) is 1. The Morgan fingerprint density at radius 3 is 0.988 bits per heavy atom. The zero-order valence-electron chi connectivity index (χ0n) is 52.9. The first-order valence-electron chi connectivity index (χ1n) is 33.1. The number of carboxylic acid groups (broad SMARTS) is 1. The van der Waals surface area contributed by atoms with Crippen LogP contribution in [0.1, 0.15) is 271 Å². The van der Waals surface area contributed by atoms with Crippen molar-refractivity contribution in [3.63, 3.8) is 0 Å². The van der Waals surface area contributed by atoms with Crippen LogP contribution in [0.2, 0.25) is 0 Å². The van der Waals surface area contributed by atoms with Crippen molar-refractivity contribution in [3.05, 3.63) is 109 Å². The van der Waals surface area contributed by atoms with Crippen molar-refractivity contribution in [2.24, 2.45) is 0 Å². The van der Waals surface area contributed by atoms with Gasteiger partial charge in [0.05, 0.1) is 34.4 Å². The number of hydrogen-bond acceptors (Lipinski definition) is 7. The zero-order valence-corrected chi connectivity index (χ0v) is 52.9. The number of allylic oxidation sites excluding steroid dienone is 18. The van der Waals surface area contributed by atoms with E-state index in [-0.39, 0.29) is 32.2 Å². The number of nitrogens with zero attached hydrogens (tertiary/aromatic N) is 1. The number of quaternary nitrogens is 1. The van der Waals surface area contributed by atoms with Crippen LogP contribution in [0, 0.1) is 0 Å². The number of unbranched alkanes of at least 4 members (excludes halogenated alkanes) is 27. The van der Waals surface area contributed by atoms with Gasteiger partial charge < -0.3 is 28.5 Å². The molecule has 0 aliphatic carbocycles. The van der Waals surface area contributed by atoms with Crippen LogP contribution < -0.4 is 0 Å². The number of carboxylic acids is 1. The number of esters is 2. The molecule has 0 radical (unpaired) electrons. The van der Waals surface area contributed by atoms with Crippen molar-refractivity contribution in [1.29, 1.82) is 0 Å². The molecule has 0 spiro atoms. The van der Waals surface area contributed by atoms with E-state index in [0.717, 1.165) is 96.3 Å². The van der Waals surface area contributed by atoms with Crippen LogP contribution in [0.5, 0.6) is 0 Å². The molecule has 81 heavy (non-hydrogen) atoms. The molecule has 0 aromatic heterocycles. The number of rotatable bonds is 60. The normalized spacial score (nSPS) is 13.4. The number of ether oxygens (including phenoxy) is 4. The topological polar surface area (TPSA) is 108 Å². The molecule has 0 aromatic rings. The molecule has 9 nitrogen and oxygen atoms in total. The molecule has 0 aliphatic rings. The molecule has 2 unspecified atom stereocenters. The van der Waals surface area contributed by atoms with E-state index < -0.39 is 24.3 Å². The van der Waals surface area contributed by atoms with Crippen molar-refractivity contribution in [3.8, 4) is 0 Å². The van der Waals surface area contributed by atoms with Gasteiger partial charge in [-0.1, -0.05) is 271 Å². The molecular weight excluding hydrogens is 1010 g/mol. The number of carbonyl (C=O) groups excluding carboxylic acids is 2. The van der Waals surface area contributed by atoms with Gasteiger partial charge in [-0.2, -0.15) is 0 Å². The fourth-order valence-electron chi connectivity index (χ4n) is 9.03. The summed E-state index contributed by atoms with van der Waals surface area (Å²) in [7, 11) is 5.97. The Morgan fingerprint density at radius 1 is 0.370 bits per heavy atom. The van der Waals surface area contributed by atoms with Gasteiger partial charge in [-0.15, -0.1) is 0 Å². The van der Waals surface area contributed by atoms with Crippen molar-refractivity contribution < 1.29 is 42.9 Å². The van der Waals surface area contributed by atoms with Crippen LogP contribution in [0.15, 0.2) is 109 Å². The Kier molecular flexibility index (Phi) is 58.9.